The summed E-state index contributed by atoms with van der Waals surface area (Å²) in [5.74, 6) is -2.96. The van der Waals surface area contributed by atoms with Crippen molar-refractivity contribution in [1.82, 2.24) is 0 Å². The summed E-state index contributed by atoms with van der Waals surface area (Å²) < 4.78 is 10.7. The van der Waals surface area contributed by atoms with E-state index in [1.807, 2.05) is 13.0 Å². The average Bonchev–Trinajstić information content (AvgIpc) is 2.74. The zero-order chi connectivity index (χ0) is 24.9. The number of esters is 1. The Morgan fingerprint density at radius 3 is 2.55 bits per heavy atom. The van der Waals surface area contributed by atoms with Gasteiger partial charge in [0.15, 0.2) is 0 Å². The summed E-state index contributed by atoms with van der Waals surface area (Å²) in [6.45, 7) is 8.75. The summed E-state index contributed by atoms with van der Waals surface area (Å²) >= 11 is 6.29. The topological polar surface area (TPSA) is 107 Å². The van der Waals surface area contributed by atoms with Gasteiger partial charge in [-0.1, -0.05) is 55.2 Å². The van der Waals surface area contributed by atoms with Crippen molar-refractivity contribution in [2.24, 2.45) is 5.92 Å². The van der Waals surface area contributed by atoms with Crippen LogP contribution in [0.3, 0.4) is 0 Å². The third-order valence-corrected chi connectivity index (χ3v) is 5.62. The van der Waals surface area contributed by atoms with Crippen LogP contribution in [0.2, 0.25) is 0 Å². The third kappa shape index (κ3) is 6.20. The van der Waals surface area contributed by atoms with Crippen LogP contribution in [0.15, 0.2) is 69.7 Å². The number of carbonyl (C=O) groups is 4. The largest absolute Gasteiger partial charge is 0.478 e. The van der Waals surface area contributed by atoms with Gasteiger partial charge in [-0.05, 0) is 38.8 Å². The van der Waals surface area contributed by atoms with E-state index in [1.165, 1.54) is 19.3 Å². The van der Waals surface area contributed by atoms with E-state index in [1.54, 1.807) is 6.08 Å². The van der Waals surface area contributed by atoms with Crippen molar-refractivity contribution in [2.75, 3.05) is 0 Å². The van der Waals surface area contributed by atoms with Gasteiger partial charge in [0.25, 0.3) is 0 Å². The highest BCUT2D eigenvalue weighted by Crippen LogP contribution is 2.39. The maximum absolute atomic E-state index is 13.1. The highest BCUT2D eigenvalue weighted by Gasteiger charge is 2.52. The number of hydrogen-bond donors (Lipinski definition) is 1. The third-order valence-electron chi connectivity index (χ3n) is 5.25. The molecule has 0 aromatic carbocycles. The van der Waals surface area contributed by atoms with Crippen LogP contribution < -0.4 is 0 Å². The Morgan fingerprint density at radius 2 is 1.94 bits per heavy atom. The van der Waals surface area contributed by atoms with Crippen molar-refractivity contribution >= 4 is 35.1 Å². The number of hydrogen-bond acceptors (Lipinski definition) is 6. The molecule has 0 aromatic rings. The van der Waals surface area contributed by atoms with Gasteiger partial charge in [-0.3, -0.25) is 14.4 Å². The first kappa shape index (κ1) is 26.1. The molecule has 1 heterocycles. The van der Waals surface area contributed by atoms with Crippen LogP contribution in [0.5, 0.6) is 0 Å². The molecule has 0 saturated heterocycles. The average molecular weight is 475 g/mol. The molecule has 0 fully saturated rings. The molecule has 1 aliphatic heterocycles. The summed E-state index contributed by atoms with van der Waals surface area (Å²) in [4.78, 5) is 49.0. The Bertz CT molecular complexity index is 1070. The summed E-state index contributed by atoms with van der Waals surface area (Å²) in [5.41, 5.74) is -0.737. The predicted molar refractivity (Wildman–Crippen MR) is 123 cm³/mol. The summed E-state index contributed by atoms with van der Waals surface area (Å²) in [6, 6.07) is 0. The standard InChI is InChI=1S/C25H27ClO7/c1-6-14(2)9-15(3)7-8-17-12-18-19(13-32-17)23(30)25(5,24(31)22(18)26)33-21(29)11-16(4)10-20(27)28/h7-10,12-14H,6,11H2,1-5H3,(H,27,28)/b8-7+,15-9+,16-10-/t14-,25-/m0/s1. The van der Waals surface area contributed by atoms with Gasteiger partial charge in [-0.15, -0.1) is 0 Å². The zero-order valence-corrected chi connectivity index (χ0v) is 20.0. The Hall–Kier alpha value is -3.19. The van der Waals surface area contributed by atoms with Gasteiger partial charge in [0.05, 0.1) is 17.0 Å². The highest BCUT2D eigenvalue weighted by atomic mass is 35.5. The first-order valence-electron chi connectivity index (χ1n) is 10.5. The molecule has 0 spiro atoms. The quantitative estimate of drug-likeness (QED) is 0.235. The fraction of sp³-hybridized carbons (Fsp3) is 0.360. The molecule has 2 atom stereocenters. The van der Waals surface area contributed by atoms with Crippen molar-refractivity contribution < 1.29 is 33.8 Å². The zero-order valence-electron chi connectivity index (χ0n) is 19.2. The lowest BCUT2D eigenvalue weighted by molar-refractivity contribution is -0.168. The van der Waals surface area contributed by atoms with Gasteiger partial charge >= 0.3 is 11.9 Å². The number of allylic oxidation sites excluding steroid dienone is 6. The number of carbonyl (C=O) groups excluding carboxylic acids is 3. The Labute approximate surface area is 197 Å². The highest BCUT2D eigenvalue weighted by molar-refractivity contribution is 6.49. The van der Waals surface area contributed by atoms with E-state index >= 15 is 0 Å². The second-order valence-corrected chi connectivity index (χ2v) is 8.60. The monoisotopic (exact) mass is 474 g/mol. The molecule has 0 saturated carbocycles. The molecule has 2 aliphatic rings. The van der Waals surface area contributed by atoms with Crippen LogP contribution in [-0.4, -0.2) is 34.2 Å². The minimum atomic E-state index is -2.17. The number of ether oxygens (including phenoxy) is 2. The van der Waals surface area contributed by atoms with Gasteiger partial charge in [0, 0.05) is 11.6 Å². The second-order valence-electron chi connectivity index (χ2n) is 8.22. The van der Waals surface area contributed by atoms with Gasteiger partial charge in [-0.25, -0.2) is 4.79 Å². The molecule has 1 N–H and O–H groups in total. The minimum Gasteiger partial charge on any atom is -0.478 e. The van der Waals surface area contributed by atoms with Crippen molar-refractivity contribution in [2.45, 2.75) is 53.1 Å². The fourth-order valence-electron chi connectivity index (χ4n) is 3.26. The van der Waals surface area contributed by atoms with E-state index in [-0.39, 0.29) is 21.8 Å². The van der Waals surface area contributed by atoms with Crippen LogP contribution in [0, 0.1) is 5.92 Å². The molecular weight excluding hydrogens is 448 g/mol. The molecule has 8 heteroatoms. The van der Waals surface area contributed by atoms with Crippen molar-refractivity contribution in [3.8, 4) is 0 Å². The minimum absolute atomic E-state index is 0.0109. The molecule has 0 aromatic heterocycles. The molecule has 0 radical (unpaired) electrons. The molecule has 7 nitrogen and oxygen atoms in total. The van der Waals surface area contributed by atoms with Crippen molar-refractivity contribution in [3.63, 3.8) is 0 Å². The van der Waals surface area contributed by atoms with Gasteiger partial charge < -0.3 is 14.6 Å². The van der Waals surface area contributed by atoms with Crippen LogP contribution in [0.1, 0.15) is 47.5 Å². The lowest BCUT2D eigenvalue weighted by atomic mass is 9.80. The summed E-state index contributed by atoms with van der Waals surface area (Å²) in [6.07, 6.45) is 9.82. The number of Topliss-reactive ketones (excluding diaryl/α,β-unsaturated/α-hetero) is 2. The molecule has 176 valence electrons. The van der Waals surface area contributed by atoms with E-state index in [9.17, 15) is 19.2 Å². The van der Waals surface area contributed by atoms with Gasteiger partial charge in [0.1, 0.15) is 12.0 Å². The van der Waals surface area contributed by atoms with Gasteiger partial charge in [0.2, 0.25) is 17.2 Å². The summed E-state index contributed by atoms with van der Waals surface area (Å²) in [5, 5.41) is 8.51. The Morgan fingerprint density at radius 1 is 1.27 bits per heavy atom. The van der Waals surface area contributed by atoms with Crippen LogP contribution >= 0.6 is 11.6 Å². The predicted octanol–water partition coefficient (Wildman–Crippen LogP) is 4.70. The lowest BCUT2D eigenvalue weighted by Crippen LogP contribution is -2.51. The van der Waals surface area contributed by atoms with Gasteiger partial charge in [-0.2, -0.15) is 0 Å². The second kappa shape index (κ2) is 10.6. The van der Waals surface area contributed by atoms with Crippen molar-refractivity contribution in [3.05, 3.63) is 69.7 Å². The SMILES string of the molecule is CC[C@H](C)/C=C(C)/C=C/C1=CC2=C(Cl)C(=O)[C@@](C)(OC(=O)C/C(C)=C\C(=O)O)C(=O)C2=CO1. The molecule has 33 heavy (non-hydrogen) atoms. The number of rotatable bonds is 8. The van der Waals surface area contributed by atoms with Crippen LogP contribution in [0.4, 0.5) is 0 Å². The molecular formula is C25H27ClO7. The van der Waals surface area contributed by atoms with E-state index in [2.05, 4.69) is 19.9 Å². The van der Waals surface area contributed by atoms with E-state index in [0.717, 1.165) is 25.0 Å². The molecule has 0 bridgehead atoms. The first-order valence-corrected chi connectivity index (χ1v) is 10.8. The Balaban J connectivity index is 2.29. The van der Waals surface area contributed by atoms with E-state index in [4.69, 9.17) is 26.2 Å². The first-order chi connectivity index (χ1) is 15.4. The molecule has 1 aliphatic carbocycles. The summed E-state index contributed by atoms with van der Waals surface area (Å²) in [7, 11) is 0. The number of aliphatic carboxylic acids is 1. The van der Waals surface area contributed by atoms with Crippen LogP contribution in [0.25, 0.3) is 0 Å². The number of carboxylic acid groups (broad SMARTS) is 1. The number of ketones is 2. The number of carboxylic acids is 1. The van der Waals surface area contributed by atoms with Crippen LogP contribution in [-0.2, 0) is 28.7 Å². The van der Waals surface area contributed by atoms with E-state index < -0.39 is 35.5 Å². The van der Waals surface area contributed by atoms with E-state index in [0.29, 0.717) is 11.7 Å². The maximum atomic E-state index is 13.1. The Kier molecular flexibility index (Phi) is 8.39. The van der Waals surface area contributed by atoms with Crippen molar-refractivity contribution in [1.29, 1.82) is 0 Å². The molecule has 2 rings (SSSR count). The normalized spacial score (nSPS) is 22.5. The number of halogens is 1. The lowest BCUT2D eigenvalue weighted by Gasteiger charge is -2.32. The molecule has 0 unspecified atom stereocenters. The number of fused-ring (bicyclic) bond motifs is 1. The fourth-order valence-corrected chi connectivity index (χ4v) is 3.60. The smallest absolute Gasteiger partial charge is 0.328 e. The molecule has 0 amide bonds. The maximum Gasteiger partial charge on any atom is 0.328 e.